The highest BCUT2D eigenvalue weighted by Crippen LogP contribution is 2.30. The predicted octanol–water partition coefficient (Wildman–Crippen LogP) is 5.21. The molecule has 0 amide bonds. The van der Waals surface area contributed by atoms with Gasteiger partial charge < -0.3 is 15.4 Å². The number of hydrogen-bond acceptors (Lipinski definition) is 7. The van der Waals surface area contributed by atoms with E-state index < -0.39 is 10.0 Å². The molecule has 3 aromatic rings. The first-order valence-corrected chi connectivity index (χ1v) is 13.1. The molecule has 3 N–H and O–H groups in total. The van der Waals surface area contributed by atoms with Crippen molar-refractivity contribution in [2.45, 2.75) is 45.4 Å². The Labute approximate surface area is 205 Å². The van der Waals surface area contributed by atoms with Gasteiger partial charge in [-0.25, -0.2) is 18.1 Å². The van der Waals surface area contributed by atoms with Gasteiger partial charge in [0.15, 0.2) is 5.82 Å². The van der Waals surface area contributed by atoms with E-state index >= 15 is 0 Å². The van der Waals surface area contributed by atoms with Gasteiger partial charge >= 0.3 is 0 Å². The summed E-state index contributed by atoms with van der Waals surface area (Å²) in [5.41, 5.74) is 4.54. The molecule has 0 atom stereocenters. The lowest BCUT2D eigenvalue weighted by Crippen LogP contribution is -2.26. The molecule has 0 bridgehead atoms. The first-order chi connectivity index (χ1) is 16.2. The molecule has 2 aromatic carbocycles. The van der Waals surface area contributed by atoms with Crippen molar-refractivity contribution in [3.63, 3.8) is 0 Å². The maximum Gasteiger partial charge on any atom is 0.229 e. The lowest BCUT2D eigenvalue weighted by molar-refractivity contribution is 0.335. The summed E-state index contributed by atoms with van der Waals surface area (Å²) >= 11 is 6.31. The van der Waals surface area contributed by atoms with Crippen LogP contribution in [0.25, 0.3) is 0 Å². The van der Waals surface area contributed by atoms with Crippen molar-refractivity contribution in [2.75, 3.05) is 17.2 Å². The lowest BCUT2D eigenvalue weighted by atomic mass is 10.1. The molecule has 1 heterocycles. The number of ether oxygens (including phenoxy) is 1. The Morgan fingerprint density at radius 2 is 1.74 bits per heavy atom. The van der Waals surface area contributed by atoms with Gasteiger partial charge in [0, 0.05) is 17.9 Å². The second-order valence-corrected chi connectivity index (χ2v) is 10.7. The van der Waals surface area contributed by atoms with Gasteiger partial charge in [-0.15, -0.1) is 0 Å². The molecule has 180 valence electrons. The van der Waals surface area contributed by atoms with E-state index in [1.807, 2.05) is 57.2 Å². The normalized spacial score (nSPS) is 13.5. The number of nitrogens with zero attached hydrogens (tertiary/aromatic N) is 2. The van der Waals surface area contributed by atoms with Gasteiger partial charge in [-0.05, 0) is 74.6 Å². The minimum absolute atomic E-state index is 0.230. The van der Waals surface area contributed by atoms with Crippen LogP contribution in [0.3, 0.4) is 0 Å². The molecule has 1 saturated carbocycles. The van der Waals surface area contributed by atoms with Gasteiger partial charge in [0.05, 0.1) is 18.1 Å². The van der Waals surface area contributed by atoms with E-state index in [9.17, 15) is 8.42 Å². The summed E-state index contributed by atoms with van der Waals surface area (Å²) < 4.78 is 32.4. The summed E-state index contributed by atoms with van der Waals surface area (Å²) in [6.07, 6.45) is 3.02. The van der Waals surface area contributed by atoms with E-state index in [4.69, 9.17) is 16.3 Å². The Balaban J connectivity index is 1.43. The van der Waals surface area contributed by atoms with E-state index in [-0.39, 0.29) is 11.8 Å². The summed E-state index contributed by atoms with van der Waals surface area (Å²) in [4.78, 5) is 8.79. The number of benzene rings is 2. The van der Waals surface area contributed by atoms with Crippen molar-refractivity contribution >= 4 is 44.8 Å². The van der Waals surface area contributed by atoms with Crippen LogP contribution in [-0.2, 0) is 16.6 Å². The molecule has 1 aliphatic carbocycles. The average Bonchev–Trinajstić information content (AvgIpc) is 3.65. The average molecular weight is 502 g/mol. The van der Waals surface area contributed by atoms with Crippen molar-refractivity contribution < 1.29 is 13.2 Å². The molecule has 0 aliphatic heterocycles. The molecule has 0 unspecified atom stereocenters. The molecule has 4 rings (SSSR count). The standard InChI is InChI=1S/C24H28ClN5O3S/c1-4-33-22-15(2)11-19(12-16(22)3)29-24-26-14-21(25)23(30-24)28-18-7-5-17(6-8-18)13-27-34(31,32)20-9-10-20/h5-8,11-12,14,20,27H,4,9-10,13H2,1-3H3,(H2,26,28,29,30). The molecule has 0 spiro atoms. The molecular formula is C24H28ClN5O3S. The summed E-state index contributed by atoms with van der Waals surface area (Å²) in [6.45, 7) is 6.84. The minimum atomic E-state index is -3.21. The van der Waals surface area contributed by atoms with Crippen molar-refractivity contribution in [3.8, 4) is 5.75 Å². The van der Waals surface area contributed by atoms with Crippen LogP contribution in [0.1, 0.15) is 36.5 Å². The molecule has 1 aliphatic rings. The Kier molecular flexibility index (Phi) is 7.25. The number of aryl methyl sites for hydroxylation is 2. The number of sulfonamides is 1. The highest BCUT2D eigenvalue weighted by molar-refractivity contribution is 7.90. The number of aromatic nitrogens is 2. The monoisotopic (exact) mass is 501 g/mol. The third kappa shape index (κ3) is 5.97. The predicted molar refractivity (Wildman–Crippen MR) is 136 cm³/mol. The van der Waals surface area contributed by atoms with Crippen LogP contribution in [0, 0.1) is 13.8 Å². The van der Waals surface area contributed by atoms with Crippen molar-refractivity contribution in [1.82, 2.24) is 14.7 Å². The van der Waals surface area contributed by atoms with Crippen LogP contribution >= 0.6 is 11.6 Å². The molecule has 34 heavy (non-hydrogen) atoms. The van der Waals surface area contributed by atoms with E-state index in [1.54, 1.807) is 0 Å². The second kappa shape index (κ2) is 10.2. The summed E-state index contributed by atoms with van der Waals surface area (Å²) in [5, 5.41) is 6.56. The van der Waals surface area contributed by atoms with Crippen molar-refractivity contribution in [2.24, 2.45) is 0 Å². The van der Waals surface area contributed by atoms with Gasteiger partial charge in [0.25, 0.3) is 0 Å². The van der Waals surface area contributed by atoms with Crippen molar-refractivity contribution in [3.05, 3.63) is 64.3 Å². The topological polar surface area (TPSA) is 105 Å². The lowest BCUT2D eigenvalue weighted by Gasteiger charge is -2.14. The molecule has 10 heteroatoms. The zero-order valence-corrected chi connectivity index (χ0v) is 20.9. The number of halogens is 1. The van der Waals surface area contributed by atoms with Crippen LogP contribution in [0.4, 0.5) is 23.1 Å². The third-order valence-electron chi connectivity index (χ3n) is 5.41. The SMILES string of the molecule is CCOc1c(C)cc(Nc2ncc(Cl)c(Nc3ccc(CNS(=O)(=O)C4CC4)cc3)n2)cc1C. The minimum Gasteiger partial charge on any atom is -0.493 e. The van der Waals surface area contributed by atoms with Gasteiger partial charge in [0.1, 0.15) is 10.8 Å². The summed E-state index contributed by atoms with van der Waals surface area (Å²) in [5.74, 6) is 1.75. The highest BCUT2D eigenvalue weighted by atomic mass is 35.5. The van der Waals surface area contributed by atoms with Crippen LogP contribution in [0.5, 0.6) is 5.75 Å². The fourth-order valence-corrected chi connectivity index (χ4v) is 5.06. The Hall–Kier alpha value is -2.88. The van der Waals surface area contributed by atoms with Crippen LogP contribution in [0.15, 0.2) is 42.6 Å². The van der Waals surface area contributed by atoms with Crippen LogP contribution in [0.2, 0.25) is 5.02 Å². The Morgan fingerprint density at radius 1 is 1.06 bits per heavy atom. The third-order valence-corrected chi connectivity index (χ3v) is 7.58. The molecular weight excluding hydrogens is 474 g/mol. The fourth-order valence-electron chi connectivity index (χ4n) is 3.56. The number of nitrogens with one attached hydrogen (secondary N) is 3. The molecule has 0 saturated heterocycles. The summed E-state index contributed by atoms with van der Waals surface area (Å²) in [6, 6.07) is 11.4. The van der Waals surface area contributed by atoms with Gasteiger partial charge in [-0.1, -0.05) is 23.7 Å². The Morgan fingerprint density at radius 3 is 2.35 bits per heavy atom. The Bertz CT molecular complexity index is 1260. The van der Waals surface area contributed by atoms with Crippen molar-refractivity contribution in [1.29, 1.82) is 0 Å². The van der Waals surface area contributed by atoms with E-state index in [2.05, 4.69) is 25.3 Å². The number of anilines is 4. The molecule has 1 fully saturated rings. The summed E-state index contributed by atoms with van der Waals surface area (Å²) in [7, 11) is -3.21. The molecule has 8 nitrogen and oxygen atoms in total. The van der Waals surface area contributed by atoms with Gasteiger partial charge in [0.2, 0.25) is 16.0 Å². The van der Waals surface area contributed by atoms with Gasteiger partial charge in [-0.2, -0.15) is 4.98 Å². The van der Waals surface area contributed by atoms with E-state index in [0.29, 0.717) is 23.4 Å². The zero-order chi connectivity index (χ0) is 24.3. The van der Waals surface area contributed by atoms with E-state index in [0.717, 1.165) is 46.7 Å². The highest BCUT2D eigenvalue weighted by Gasteiger charge is 2.35. The smallest absolute Gasteiger partial charge is 0.229 e. The van der Waals surface area contributed by atoms with E-state index in [1.165, 1.54) is 6.20 Å². The number of hydrogen-bond donors (Lipinski definition) is 3. The zero-order valence-electron chi connectivity index (χ0n) is 19.4. The molecule has 0 radical (unpaired) electrons. The van der Waals surface area contributed by atoms with Crippen LogP contribution in [-0.4, -0.2) is 30.2 Å². The number of rotatable bonds is 10. The largest absolute Gasteiger partial charge is 0.493 e. The maximum absolute atomic E-state index is 12.0. The van der Waals surface area contributed by atoms with Gasteiger partial charge in [-0.3, -0.25) is 0 Å². The first-order valence-electron chi connectivity index (χ1n) is 11.1. The first kappa shape index (κ1) is 24.3. The second-order valence-electron chi connectivity index (χ2n) is 8.27. The van der Waals surface area contributed by atoms with Crippen LogP contribution < -0.4 is 20.1 Å². The molecule has 1 aromatic heterocycles. The maximum atomic E-state index is 12.0. The fraction of sp³-hybridized carbons (Fsp3) is 0.333. The quantitative estimate of drug-likeness (QED) is 0.350.